The van der Waals surface area contributed by atoms with Crippen LogP contribution < -0.4 is 0 Å². The molecule has 1 aliphatic rings. The predicted octanol–water partition coefficient (Wildman–Crippen LogP) is 1.48. The summed E-state index contributed by atoms with van der Waals surface area (Å²) in [5.41, 5.74) is 0.730. The average Bonchev–Trinajstić information content (AvgIpc) is 2.96. The summed E-state index contributed by atoms with van der Waals surface area (Å²) >= 11 is 0. The molecular weight excluding hydrogens is 220 g/mol. The maximum atomic E-state index is 12.1. The lowest BCUT2D eigenvalue weighted by Gasteiger charge is -2.22. The van der Waals surface area contributed by atoms with Crippen LogP contribution in [0.15, 0.2) is 10.6 Å². The zero-order chi connectivity index (χ0) is 12.3. The Kier molecular flexibility index (Phi) is 3.78. The molecule has 2 rings (SSSR count). The Morgan fingerprint density at radius 2 is 2.47 bits per heavy atom. The fraction of sp³-hybridized carbons (Fsp3) is 0.667. The fourth-order valence-corrected chi connectivity index (χ4v) is 2.01. The number of nitrogens with zero attached hydrogens (tertiary/aromatic N) is 2. The lowest BCUT2D eigenvalue weighted by atomic mass is 10.1. The summed E-state index contributed by atoms with van der Waals surface area (Å²) in [6.07, 6.45) is 1.03. The molecule has 0 bridgehead atoms. The maximum Gasteiger partial charge on any atom is 0.292 e. The number of hydrogen-bond donors (Lipinski definition) is 0. The summed E-state index contributed by atoms with van der Waals surface area (Å²) in [5, 5.41) is 3.74. The van der Waals surface area contributed by atoms with Gasteiger partial charge in [0.25, 0.3) is 5.91 Å². The smallest absolute Gasteiger partial charge is 0.292 e. The molecule has 0 saturated carbocycles. The molecule has 0 N–H and O–H groups in total. The van der Waals surface area contributed by atoms with Crippen LogP contribution in [0.5, 0.6) is 0 Å². The van der Waals surface area contributed by atoms with E-state index in [1.807, 2.05) is 6.92 Å². The SMILES string of the molecule is CCN(C[C@@H]1CCOC1)C(=O)c1cc(C)no1. The van der Waals surface area contributed by atoms with E-state index in [0.717, 1.165) is 31.9 Å². The molecule has 5 nitrogen and oxygen atoms in total. The Labute approximate surface area is 101 Å². The third kappa shape index (κ3) is 2.85. The molecule has 2 heterocycles. The van der Waals surface area contributed by atoms with Crippen LogP contribution in [-0.4, -0.2) is 42.3 Å². The van der Waals surface area contributed by atoms with Gasteiger partial charge in [-0.1, -0.05) is 5.16 Å². The van der Waals surface area contributed by atoms with Crippen LogP contribution in [0.1, 0.15) is 29.6 Å². The first kappa shape index (κ1) is 12.1. The summed E-state index contributed by atoms with van der Waals surface area (Å²) in [6, 6.07) is 1.68. The summed E-state index contributed by atoms with van der Waals surface area (Å²) in [4.78, 5) is 13.9. The highest BCUT2D eigenvalue weighted by Crippen LogP contribution is 2.15. The molecule has 1 aromatic rings. The number of amides is 1. The van der Waals surface area contributed by atoms with E-state index in [2.05, 4.69) is 5.16 Å². The summed E-state index contributed by atoms with van der Waals surface area (Å²) in [6.45, 7) is 6.74. The van der Waals surface area contributed by atoms with Crippen LogP contribution >= 0.6 is 0 Å². The van der Waals surface area contributed by atoms with Crippen molar-refractivity contribution in [3.63, 3.8) is 0 Å². The second kappa shape index (κ2) is 5.31. The normalized spacial score (nSPS) is 19.5. The van der Waals surface area contributed by atoms with E-state index in [1.54, 1.807) is 17.9 Å². The molecule has 0 aliphatic carbocycles. The zero-order valence-electron chi connectivity index (χ0n) is 10.3. The average molecular weight is 238 g/mol. The Hall–Kier alpha value is -1.36. The number of carbonyl (C=O) groups excluding carboxylic acids is 1. The van der Waals surface area contributed by atoms with Crippen molar-refractivity contribution in [2.24, 2.45) is 5.92 Å². The fourth-order valence-electron chi connectivity index (χ4n) is 2.01. The summed E-state index contributed by atoms with van der Waals surface area (Å²) in [7, 11) is 0. The third-order valence-electron chi connectivity index (χ3n) is 3.01. The van der Waals surface area contributed by atoms with Gasteiger partial charge in [-0.3, -0.25) is 4.79 Å². The number of rotatable bonds is 4. The lowest BCUT2D eigenvalue weighted by Crippen LogP contribution is -2.35. The van der Waals surface area contributed by atoms with E-state index in [-0.39, 0.29) is 5.91 Å². The molecule has 1 fully saturated rings. The Bertz CT molecular complexity index is 383. The molecule has 94 valence electrons. The monoisotopic (exact) mass is 238 g/mol. The topological polar surface area (TPSA) is 55.6 Å². The van der Waals surface area contributed by atoms with Crippen molar-refractivity contribution in [3.8, 4) is 0 Å². The molecule has 0 radical (unpaired) electrons. The highest BCUT2D eigenvalue weighted by Gasteiger charge is 2.24. The molecule has 0 spiro atoms. The second-order valence-corrected chi connectivity index (χ2v) is 4.41. The molecule has 5 heteroatoms. The number of aromatic nitrogens is 1. The van der Waals surface area contributed by atoms with Crippen molar-refractivity contribution in [3.05, 3.63) is 17.5 Å². The molecule has 1 amide bonds. The van der Waals surface area contributed by atoms with Gasteiger partial charge in [0.15, 0.2) is 0 Å². The number of carbonyl (C=O) groups is 1. The van der Waals surface area contributed by atoms with E-state index in [9.17, 15) is 4.79 Å². The van der Waals surface area contributed by atoms with E-state index in [1.165, 1.54) is 0 Å². The minimum Gasteiger partial charge on any atom is -0.381 e. The van der Waals surface area contributed by atoms with Crippen LogP contribution in [0.4, 0.5) is 0 Å². The van der Waals surface area contributed by atoms with Crippen molar-refractivity contribution in [1.82, 2.24) is 10.1 Å². The van der Waals surface area contributed by atoms with Crippen LogP contribution in [0.3, 0.4) is 0 Å². The van der Waals surface area contributed by atoms with Crippen molar-refractivity contribution in [2.45, 2.75) is 20.3 Å². The molecule has 1 saturated heterocycles. The van der Waals surface area contributed by atoms with Crippen molar-refractivity contribution in [1.29, 1.82) is 0 Å². The van der Waals surface area contributed by atoms with Gasteiger partial charge < -0.3 is 14.2 Å². The van der Waals surface area contributed by atoms with Crippen LogP contribution in [-0.2, 0) is 4.74 Å². The molecule has 1 atom stereocenters. The largest absolute Gasteiger partial charge is 0.381 e. The van der Waals surface area contributed by atoms with Gasteiger partial charge in [0.05, 0.1) is 12.3 Å². The van der Waals surface area contributed by atoms with E-state index >= 15 is 0 Å². The van der Waals surface area contributed by atoms with Gasteiger partial charge in [0.2, 0.25) is 5.76 Å². The van der Waals surface area contributed by atoms with Gasteiger partial charge in [-0.2, -0.15) is 0 Å². The number of ether oxygens (including phenoxy) is 1. The van der Waals surface area contributed by atoms with Gasteiger partial charge in [0, 0.05) is 31.7 Å². The van der Waals surface area contributed by atoms with Gasteiger partial charge in [-0.25, -0.2) is 0 Å². The molecule has 0 unspecified atom stereocenters. The highest BCUT2D eigenvalue weighted by molar-refractivity contribution is 5.91. The predicted molar refractivity (Wildman–Crippen MR) is 61.7 cm³/mol. The van der Waals surface area contributed by atoms with E-state index < -0.39 is 0 Å². The molecule has 17 heavy (non-hydrogen) atoms. The first-order valence-corrected chi connectivity index (χ1v) is 6.01. The van der Waals surface area contributed by atoms with Crippen LogP contribution in [0, 0.1) is 12.8 Å². The first-order valence-electron chi connectivity index (χ1n) is 6.01. The van der Waals surface area contributed by atoms with Crippen molar-refractivity contribution in [2.75, 3.05) is 26.3 Å². The minimum atomic E-state index is -0.0833. The Morgan fingerprint density at radius 3 is 3.00 bits per heavy atom. The number of aryl methyl sites for hydroxylation is 1. The zero-order valence-corrected chi connectivity index (χ0v) is 10.3. The Balaban J connectivity index is 1.99. The molecule has 0 aromatic carbocycles. The second-order valence-electron chi connectivity index (χ2n) is 4.41. The molecular formula is C12H18N2O3. The standard InChI is InChI=1S/C12H18N2O3/c1-3-14(7-10-4-5-16-8-10)12(15)11-6-9(2)13-17-11/h6,10H,3-5,7-8H2,1-2H3/t10-/m0/s1. The molecule has 1 aromatic heterocycles. The first-order chi connectivity index (χ1) is 8.20. The number of hydrogen-bond acceptors (Lipinski definition) is 4. The quantitative estimate of drug-likeness (QED) is 0.797. The summed E-state index contributed by atoms with van der Waals surface area (Å²) in [5.74, 6) is 0.686. The van der Waals surface area contributed by atoms with Gasteiger partial charge in [-0.05, 0) is 20.3 Å². The molecule has 1 aliphatic heterocycles. The third-order valence-corrected chi connectivity index (χ3v) is 3.01. The van der Waals surface area contributed by atoms with Gasteiger partial charge in [-0.15, -0.1) is 0 Å². The minimum absolute atomic E-state index is 0.0833. The van der Waals surface area contributed by atoms with Crippen LogP contribution in [0.2, 0.25) is 0 Å². The van der Waals surface area contributed by atoms with Gasteiger partial charge in [0.1, 0.15) is 0 Å². The Morgan fingerprint density at radius 1 is 1.65 bits per heavy atom. The highest BCUT2D eigenvalue weighted by atomic mass is 16.5. The lowest BCUT2D eigenvalue weighted by molar-refractivity contribution is 0.0689. The van der Waals surface area contributed by atoms with Gasteiger partial charge >= 0.3 is 0 Å². The van der Waals surface area contributed by atoms with E-state index in [4.69, 9.17) is 9.26 Å². The van der Waals surface area contributed by atoms with Crippen LogP contribution in [0.25, 0.3) is 0 Å². The maximum absolute atomic E-state index is 12.1. The van der Waals surface area contributed by atoms with Crippen molar-refractivity contribution < 1.29 is 14.1 Å². The van der Waals surface area contributed by atoms with Crippen molar-refractivity contribution >= 4 is 5.91 Å². The summed E-state index contributed by atoms with van der Waals surface area (Å²) < 4.78 is 10.3. The van der Waals surface area contributed by atoms with E-state index in [0.29, 0.717) is 18.2 Å².